The first-order valence-electron chi connectivity index (χ1n) is 13.1. The first-order chi connectivity index (χ1) is 20.5. The number of rotatable bonds is 15. The van der Waals surface area contributed by atoms with Gasteiger partial charge >= 0.3 is 10.4 Å². The van der Waals surface area contributed by atoms with Gasteiger partial charge in [-0.05, 0) is 0 Å². The summed E-state index contributed by atoms with van der Waals surface area (Å²) < 4.78 is 58.4. The predicted octanol–water partition coefficient (Wildman–Crippen LogP) is -7.82. The van der Waals surface area contributed by atoms with Gasteiger partial charge in [0.2, 0.25) is 11.8 Å². The van der Waals surface area contributed by atoms with Gasteiger partial charge in [0, 0.05) is 13.8 Å². The van der Waals surface area contributed by atoms with Crippen LogP contribution in [0.2, 0.25) is 0 Å². The van der Waals surface area contributed by atoms with E-state index in [1.165, 1.54) is 0 Å². The number of carbonyl (C=O) groups is 2. The molecule has 21 nitrogen and oxygen atoms in total. The first kappa shape index (κ1) is 38.5. The van der Waals surface area contributed by atoms with Crippen molar-refractivity contribution in [2.24, 2.45) is 0 Å². The second-order valence-corrected chi connectivity index (χ2v) is 11.1. The quantitative estimate of drug-likeness (QED) is 0.0721. The van der Waals surface area contributed by atoms with Crippen molar-refractivity contribution in [3.05, 3.63) is 0 Å². The Balaban J connectivity index is 2.53. The zero-order valence-corrected chi connectivity index (χ0v) is 24.3. The Labute approximate surface area is 250 Å². The van der Waals surface area contributed by atoms with Crippen LogP contribution >= 0.6 is 0 Å². The van der Waals surface area contributed by atoms with Crippen molar-refractivity contribution in [2.75, 3.05) is 26.4 Å². The lowest BCUT2D eigenvalue weighted by atomic mass is 9.94. The Kier molecular flexibility index (Phi) is 14.6. The number of amides is 2. The SMILES string of the molecule is CC(=O)N[C@H]1[C@H](O[C@@H]([C@@H](O)[C@H](O)CO)[C@H](CO)NC(C)=O)O[C@H](CO)[C@@H](O)[C@@H]1O[C@@H]1O[C@H](CO)[C@H](O)[C@H](OS(=O)(=O)O)[C@H]1O. The molecule has 2 aliphatic heterocycles. The Morgan fingerprint density at radius 3 is 1.84 bits per heavy atom. The minimum absolute atomic E-state index is 0.720. The molecule has 0 spiro atoms. The van der Waals surface area contributed by atoms with E-state index in [9.17, 15) is 64.0 Å². The molecule has 2 rings (SSSR count). The summed E-state index contributed by atoms with van der Waals surface area (Å²) in [6.07, 6.45) is -23.2. The van der Waals surface area contributed by atoms with E-state index in [2.05, 4.69) is 14.8 Å². The van der Waals surface area contributed by atoms with Gasteiger partial charge in [0.25, 0.3) is 0 Å². The highest BCUT2D eigenvalue weighted by Crippen LogP contribution is 2.32. The Morgan fingerprint density at radius 2 is 1.39 bits per heavy atom. The average molecular weight is 669 g/mol. The smallest absolute Gasteiger partial charge is 0.394 e. The van der Waals surface area contributed by atoms with Crippen LogP contribution in [-0.2, 0) is 43.1 Å². The van der Waals surface area contributed by atoms with Gasteiger partial charge in [0.1, 0.15) is 67.1 Å². The molecule has 2 aliphatic rings. The van der Waals surface area contributed by atoms with Crippen molar-refractivity contribution in [2.45, 2.75) is 99.6 Å². The monoisotopic (exact) mass is 668 g/mol. The maximum atomic E-state index is 12.2. The molecule has 0 radical (unpaired) electrons. The molecule has 0 aliphatic carbocycles. The number of ether oxygens (including phenoxy) is 4. The second-order valence-electron chi connectivity index (χ2n) is 10.1. The van der Waals surface area contributed by atoms with Crippen LogP contribution < -0.4 is 10.6 Å². The molecule has 2 heterocycles. The third kappa shape index (κ3) is 9.89. The highest BCUT2D eigenvalue weighted by atomic mass is 32.3. The molecule has 14 atom stereocenters. The molecule has 2 amide bonds. The van der Waals surface area contributed by atoms with Crippen molar-refractivity contribution in [1.29, 1.82) is 0 Å². The number of aliphatic hydroxyl groups is 9. The molecule has 0 saturated carbocycles. The minimum Gasteiger partial charge on any atom is -0.394 e. The molecular weight excluding hydrogens is 628 g/mol. The van der Waals surface area contributed by atoms with Gasteiger partial charge in [-0.1, -0.05) is 0 Å². The third-order valence-corrected chi connectivity index (χ3v) is 7.23. The number of nitrogens with one attached hydrogen (secondary N) is 2. The first-order valence-corrected chi connectivity index (χ1v) is 14.5. The van der Waals surface area contributed by atoms with E-state index in [0.29, 0.717) is 0 Å². The Hall–Kier alpha value is -1.71. The molecule has 0 bridgehead atoms. The molecule has 22 heteroatoms. The summed E-state index contributed by atoms with van der Waals surface area (Å²) in [6, 6.07) is -3.16. The lowest BCUT2D eigenvalue weighted by Gasteiger charge is -2.48. The summed E-state index contributed by atoms with van der Waals surface area (Å²) in [7, 11) is -5.29. The number of carbonyl (C=O) groups excluding carboxylic acids is 2. The van der Waals surface area contributed by atoms with Crippen LogP contribution in [0, 0.1) is 0 Å². The fraction of sp³-hybridized carbons (Fsp3) is 0.909. The van der Waals surface area contributed by atoms with Crippen LogP contribution in [-0.4, -0.2) is 183 Å². The van der Waals surface area contributed by atoms with E-state index >= 15 is 0 Å². The standard InChI is InChI=1S/C22H40N2O19S/c1-7(29)23-9(3-25)18(14(32)10(31)4-26)41-21-13(24-8(2)30)19(15(33)11(5-27)39-21)42-22-17(35)20(43-44(36,37)38)16(34)12(6-28)40-22/h9-22,25-28,31-35H,3-6H2,1-2H3,(H,23,29)(H,24,30)(H,36,37,38)/t9-,10+,11+,12+,13+,14-,15+,16-,17+,18+,19+,20-,21-,22-/m0/s1. The molecule has 2 saturated heterocycles. The van der Waals surface area contributed by atoms with Crippen LogP contribution in [0.5, 0.6) is 0 Å². The maximum absolute atomic E-state index is 12.2. The highest BCUT2D eigenvalue weighted by Gasteiger charge is 2.54. The van der Waals surface area contributed by atoms with Crippen LogP contribution in [0.15, 0.2) is 0 Å². The predicted molar refractivity (Wildman–Crippen MR) is 137 cm³/mol. The average Bonchev–Trinajstić information content (AvgIpc) is 2.95. The zero-order chi connectivity index (χ0) is 33.5. The molecule has 0 aromatic heterocycles. The third-order valence-electron chi connectivity index (χ3n) is 6.76. The minimum atomic E-state index is -5.29. The van der Waals surface area contributed by atoms with E-state index < -0.39 is 134 Å². The zero-order valence-electron chi connectivity index (χ0n) is 23.5. The van der Waals surface area contributed by atoms with Crippen molar-refractivity contribution in [1.82, 2.24) is 10.6 Å². The molecule has 258 valence electrons. The summed E-state index contributed by atoms with van der Waals surface area (Å²) in [5, 5.41) is 96.1. The summed E-state index contributed by atoms with van der Waals surface area (Å²) in [4.78, 5) is 23.9. The fourth-order valence-corrected chi connectivity index (χ4v) is 5.20. The maximum Gasteiger partial charge on any atom is 0.397 e. The largest absolute Gasteiger partial charge is 0.397 e. The van der Waals surface area contributed by atoms with E-state index in [-0.39, 0.29) is 0 Å². The Morgan fingerprint density at radius 1 is 0.841 bits per heavy atom. The summed E-state index contributed by atoms with van der Waals surface area (Å²) >= 11 is 0. The highest BCUT2D eigenvalue weighted by molar-refractivity contribution is 7.80. The van der Waals surface area contributed by atoms with Gasteiger partial charge in [-0.25, -0.2) is 4.18 Å². The lowest BCUT2D eigenvalue weighted by Crippen LogP contribution is -2.69. The van der Waals surface area contributed by atoms with Gasteiger partial charge in [-0.2, -0.15) is 8.42 Å². The topological polar surface area (TPSA) is 341 Å². The van der Waals surface area contributed by atoms with Crippen LogP contribution in [0.1, 0.15) is 13.8 Å². The van der Waals surface area contributed by atoms with E-state index in [4.69, 9.17) is 23.5 Å². The molecular formula is C22H40N2O19S. The fourth-order valence-electron chi connectivity index (χ4n) is 4.70. The van der Waals surface area contributed by atoms with Crippen molar-refractivity contribution in [3.8, 4) is 0 Å². The molecule has 2 fully saturated rings. The summed E-state index contributed by atoms with van der Waals surface area (Å²) in [5.74, 6) is -1.54. The van der Waals surface area contributed by atoms with Crippen molar-refractivity contribution >= 4 is 22.2 Å². The number of hydrogen-bond acceptors (Lipinski definition) is 18. The van der Waals surface area contributed by atoms with Gasteiger partial charge in [0.05, 0.1) is 32.5 Å². The van der Waals surface area contributed by atoms with Crippen LogP contribution in [0.25, 0.3) is 0 Å². The lowest BCUT2D eigenvalue weighted by molar-refractivity contribution is -0.348. The van der Waals surface area contributed by atoms with Gasteiger partial charge in [-0.15, -0.1) is 0 Å². The van der Waals surface area contributed by atoms with Crippen LogP contribution in [0.4, 0.5) is 0 Å². The molecule has 0 aromatic rings. The van der Waals surface area contributed by atoms with Crippen LogP contribution in [0.3, 0.4) is 0 Å². The molecule has 0 unspecified atom stereocenters. The van der Waals surface area contributed by atoms with Gasteiger partial charge < -0.3 is 75.5 Å². The Bertz CT molecular complexity index is 1040. The summed E-state index contributed by atoms with van der Waals surface area (Å²) in [5.41, 5.74) is 0. The van der Waals surface area contributed by atoms with Gasteiger partial charge in [0.15, 0.2) is 12.6 Å². The second kappa shape index (κ2) is 16.7. The normalized spacial score (nSPS) is 35.7. The van der Waals surface area contributed by atoms with E-state index in [1.54, 1.807) is 0 Å². The number of hydrogen-bond donors (Lipinski definition) is 12. The molecule has 12 N–H and O–H groups in total. The summed E-state index contributed by atoms with van der Waals surface area (Å²) in [6.45, 7) is -1.78. The van der Waals surface area contributed by atoms with Crippen molar-refractivity contribution < 1.29 is 91.6 Å². The van der Waals surface area contributed by atoms with Gasteiger partial charge in [-0.3, -0.25) is 14.1 Å². The van der Waals surface area contributed by atoms with Crippen molar-refractivity contribution in [3.63, 3.8) is 0 Å². The van der Waals surface area contributed by atoms with E-state index in [0.717, 1.165) is 13.8 Å². The van der Waals surface area contributed by atoms with E-state index in [1.807, 2.05) is 0 Å². The molecule has 0 aromatic carbocycles. The number of aliphatic hydroxyl groups excluding tert-OH is 9. The molecule has 44 heavy (non-hydrogen) atoms.